The summed E-state index contributed by atoms with van der Waals surface area (Å²) in [6, 6.07) is 0.204. The van der Waals surface area contributed by atoms with E-state index >= 15 is 0 Å². The molecular formula is C14H25N3O3. The fraction of sp³-hybridized carbons (Fsp3) is 0.857. The number of nitrogens with one attached hydrogen (secondary N) is 1. The van der Waals surface area contributed by atoms with E-state index in [1.807, 2.05) is 7.05 Å². The third-order valence-corrected chi connectivity index (χ3v) is 4.47. The van der Waals surface area contributed by atoms with Crippen molar-refractivity contribution < 1.29 is 14.7 Å². The first-order valence-electron chi connectivity index (χ1n) is 7.55. The van der Waals surface area contributed by atoms with E-state index in [2.05, 4.69) is 5.32 Å². The Balaban J connectivity index is 2.01. The highest BCUT2D eigenvalue weighted by Crippen LogP contribution is 2.25. The molecule has 2 rings (SSSR count). The summed E-state index contributed by atoms with van der Waals surface area (Å²) in [5, 5.41) is 12.3. The maximum absolute atomic E-state index is 12.6. The van der Waals surface area contributed by atoms with Crippen LogP contribution in [-0.2, 0) is 4.79 Å². The lowest BCUT2D eigenvalue weighted by atomic mass is 10.1. The number of urea groups is 1. The second kappa shape index (κ2) is 6.92. The van der Waals surface area contributed by atoms with Crippen LogP contribution in [0.3, 0.4) is 0 Å². The van der Waals surface area contributed by atoms with Crippen molar-refractivity contribution in [1.82, 2.24) is 15.1 Å². The van der Waals surface area contributed by atoms with Crippen LogP contribution in [0.2, 0.25) is 0 Å². The molecule has 0 atom stereocenters. The Morgan fingerprint density at radius 3 is 2.25 bits per heavy atom. The molecule has 2 amide bonds. The summed E-state index contributed by atoms with van der Waals surface area (Å²) in [5.74, 6) is -0.927. The van der Waals surface area contributed by atoms with Gasteiger partial charge in [-0.05, 0) is 38.8 Å². The SMILES string of the molecule is CN(C(=O)N(CC(=O)O)C1CCCC1)C1CCNCC1. The number of aliphatic carboxylic acids is 1. The number of carboxylic acid groups (broad SMARTS) is 1. The molecule has 1 saturated carbocycles. The van der Waals surface area contributed by atoms with Gasteiger partial charge in [-0.3, -0.25) is 4.79 Å². The van der Waals surface area contributed by atoms with Crippen LogP contribution >= 0.6 is 0 Å². The molecule has 20 heavy (non-hydrogen) atoms. The maximum Gasteiger partial charge on any atom is 0.323 e. The van der Waals surface area contributed by atoms with Crippen molar-refractivity contribution in [2.45, 2.75) is 50.6 Å². The Morgan fingerprint density at radius 1 is 1.10 bits per heavy atom. The van der Waals surface area contributed by atoms with Crippen LogP contribution in [0.4, 0.5) is 4.79 Å². The highest BCUT2D eigenvalue weighted by Gasteiger charge is 2.32. The molecule has 2 aliphatic rings. The van der Waals surface area contributed by atoms with Crippen LogP contribution in [0.1, 0.15) is 38.5 Å². The fourth-order valence-corrected chi connectivity index (χ4v) is 3.27. The number of hydrogen-bond donors (Lipinski definition) is 2. The summed E-state index contributed by atoms with van der Waals surface area (Å²) in [6.07, 6.45) is 5.91. The quantitative estimate of drug-likeness (QED) is 0.811. The summed E-state index contributed by atoms with van der Waals surface area (Å²) in [6.45, 7) is 1.66. The molecule has 0 aromatic rings. The highest BCUT2D eigenvalue weighted by atomic mass is 16.4. The van der Waals surface area contributed by atoms with Gasteiger partial charge < -0.3 is 20.2 Å². The average molecular weight is 283 g/mol. The molecule has 0 unspecified atom stereocenters. The van der Waals surface area contributed by atoms with Crippen LogP contribution in [0, 0.1) is 0 Å². The summed E-state index contributed by atoms with van der Waals surface area (Å²) in [4.78, 5) is 27.0. The van der Waals surface area contributed by atoms with Crippen molar-refractivity contribution in [1.29, 1.82) is 0 Å². The molecule has 0 radical (unpaired) electrons. The monoisotopic (exact) mass is 283 g/mol. The Bertz CT molecular complexity index is 350. The van der Waals surface area contributed by atoms with Gasteiger partial charge in [-0.15, -0.1) is 0 Å². The van der Waals surface area contributed by atoms with Gasteiger partial charge in [0.25, 0.3) is 0 Å². The topological polar surface area (TPSA) is 72.9 Å². The van der Waals surface area contributed by atoms with Gasteiger partial charge in [0.05, 0.1) is 0 Å². The minimum absolute atomic E-state index is 0.0998. The second-order valence-electron chi connectivity index (χ2n) is 5.83. The number of carbonyl (C=O) groups is 2. The molecule has 0 bridgehead atoms. The zero-order valence-corrected chi connectivity index (χ0v) is 12.2. The Morgan fingerprint density at radius 2 is 1.70 bits per heavy atom. The number of piperidine rings is 1. The van der Waals surface area contributed by atoms with Gasteiger partial charge in [0.15, 0.2) is 0 Å². The number of amides is 2. The largest absolute Gasteiger partial charge is 0.480 e. The van der Waals surface area contributed by atoms with Crippen molar-refractivity contribution in [3.8, 4) is 0 Å². The zero-order valence-electron chi connectivity index (χ0n) is 12.2. The van der Waals surface area contributed by atoms with Crippen LogP contribution in [0.15, 0.2) is 0 Å². The van der Waals surface area contributed by atoms with E-state index in [1.54, 1.807) is 9.80 Å². The number of nitrogens with zero attached hydrogens (tertiary/aromatic N) is 2. The smallest absolute Gasteiger partial charge is 0.323 e. The summed E-state index contributed by atoms with van der Waals surface area (Å²) >= 11 is 0. The van der Waals surface area contributed by atoms with Crippen molar-refractivity contribution in [2.24, 2.45) is 0 Å². The van der Waals surface area contributed by atoms with Crippen molar-refractivity contribution >= 4 is 12.0 Å². The van der Waals surface area contributed by atoms with Gasteiger partial charge >= 0.3 is 12.0 Å². The van der Waals surface area contributed by atoms with Crippen LogP contribution in [0.25, 0.3) is 0 Å². The highest BCUT2D eigenvalue weighted by molar-refractivity contribution is 5.80. The van der Waals surface area contributed by atoms with Gasteiger partial charge in [-0.2, -0.15) is 0 Å². The second-order valence-corrected chi connectivity index (χ2v) is 5.83. The number of rotatable bonds is 4. The van der Waals surface area contributed by atoms with E-state index in [1.165, 1.54) is 0 Å². The Kier molecular flexibility index (Phi) is 5.23. The van der Waals surface area contributed by atoms with Crippen LogP contribution in [0.5, 0.6) is 0 Å². The minimum Gasteiger partial charge on any atom is -0.480 e. The molecule has 2 N–H and O–H groups in total. The lowest BCUT2D eigenvalue weighted by Gasteiger charge is -2.37. The molecule has 6 heteroatoms. The molecule has 114 valence electrons. The molecule has 1 saturated heterocycles. The van der Waals surface area contributed by atoms with Gasteiger partial charge in [0, 0.05) is 19.1 Å². The molecular weight excluding hydrogens is 258 g/mol. The van der Waals surface area contributed by atoms with Crippen LogP contribution in [-0.4, -0.2) is 65.7 Å². The van der Waals surface area contributed by atoms with E-state index < -0.39 is 5.97 Å². The molecule has 1 aliphatic carbocycles. The van der Waals surface area contributed by atoms with E-state index in [0.29, 0.717) is 0 Å². The first-order chi connectivity index (χ1) is 9.59. The Labute approximate surface area is 120 Å². The standard InChI is InChI=1S/C14H25N3O3/c1-16(11-6-8-15-9-7-11)14(20)17(10-13(18)19)12-4-2-3-5-12/h11-12,15H,2-10H2,1H3,(H,18,19). The molecule has 0 spiro atoms. The first kappa shape index (κ1) is 15.1. The predicted molar refractivity (Wildman–Crippen MR) is 75.6 cm³/mol. The average Bonchev–Trinajstić information content (AvgIpc) is 2.98. The maximum atomic E-state index is 12.6. The van der Waals surface area contributed by atoms with Crippen LogP contribution < -0.4 is 5.32 Å². The number of hydrogen-bond acceptors (Lipinski definition) is 3. The molecule has 0 aromatic carbocycles. The van der Waals surface area contributed by atoms with E-state index in [0.717, 1.165) is 51.6 Å². The zero-order chi connectivity index (χ0) is 14.5. The minimum atomic E-state index is -0.927. The van der Waals surface area contributed by atoms with Gasteiger partial charge in [0.2, 0.25) is 0 Å². The molecule has 0 aromatic heterocycles. The van der Waals surface area contributed by atoms with E-state index in [9.17, 15) is 9.59 Å². The molecule has 2 fully saturated rings. The fourth-order valence-electron chi connectivity index (χ4n) is 3.27. The van der Waals surface area contributed by atoms with Crippen molar-refractivity contribution in [3.63, 3.8) is 0 Å². The van der Waals surface area contributed by atoms with Gasteiger partial charge in [-0.25, -0.2) is 4.79 Å². The van der Waals surface area contributed by atoms with Gasteiger partial charge in [0.1, 0.15) is 6.54 Å². The summed E-state index contributed by atoms with van der Waals surface area (Å²) in [7, 11) is 1.81. The van der Waals surface area contributed by atoms with Crippen molar-refractivity contribution in [2.75, 3.05) is 26.7 Å². The third kappa shape index (κ3) is 3.62. The van der Waals surface area contributed by atoms with E-state index in [-0.39, 0.29) is 24.7 Å². The van der Waals surface area contributed by atoms with Gasteiger partial charge in [-0.1, -0.05) is 12.8 Å². The molecule has 1 heterocycles. The van der Waals surface area contributed by atoms with E-state index in [4.69, 9.17) is 5.11 Å². The number of carbonyl (C=O) groups excluding carboxylic acids is 1. The normalized spacial score (nSPS) is 20.9. The van der Waals surface area contributed by atoms with Crippen molar-refractivity contribution in [3.05, 3.63) is 0 Å². The summed E-state index contributed by atoms with van der Waals surface area (Å²) < 4.78 is 0. The molecule has 6 nitrogen and oxygen atoms in total. The Hall–Kier alpha value is -1.30. The third-order valence-electron chi connectivity index (χ3n) is 4.47. The predicted octanol–water partition coefficient (Wildman–Crippen LogP) is 1.12. The lowest BCUT2D eigenvalue weighted by Crippen LogP contribution is -2.53. The number of carboxylic acids is 1. The first-order valence-corrected chi connectivity index (χ1v) is 7.55. The molecule has 1 aliphatic heterocycles. The summed E-state index contributed by atoms with van der Waals surface area (Å²) in [5.41, 5.74) is 0. The lowest BCUT2D eigenvalue weighted by molar-refractivity contribution is -0.138.